The van der Waals surface area contributed by atoms with Crippen molar-refractivity contribution in [3.05, 3.63) is 28.8 Å². The molecule has 0 unspecified atom stereocenters. The molecule has 0 heterocycles. The molecule has 0 amide bonds. The van der Waals surface area contributed by atoms with Crippen LogP contribution >= 0.6 is 0 Å². The third-order valence-corrected chi connectivity index (χ3v) is 3.19. The summed E-state index contributed by atoms with van der Waals surface area (Å²) in [7, 11) is -0.876. The molecule has 1 aromatic carbocycles. The van der Waals surface area contributed by atoms with Gasteiger partial charge >= 0.3 is 0 Å². The van der Waals surface area contributed by atoms with Crippen molar-refractivity contribution in [2.45, 2.75) is 46.2 Å². The van der Waals surface area contributed by atoms with E-state index in [0.29, 0.717) is 5.56 Å². The molecule has 0 aliphatic carbocycles. The van der Waals surface area contributed by atoms with E-state index in [1.165, 1.54) is 5.56 Å². The number of rotatable bonds is 3. The lowest BCUT2D eigenvalue weighted by atomic mass is 9.82. The minimum atomic E-state index is -0.876. The van der Waals surface area contributed by atoms with Crippen molar-refractivity contribution >= 4 is 15.3 Å². The molecule has 0 bridgehead atoms. The number of aryl methyl sites for hydroxylation is 1. The summed E-state index contributed by atoms with van der Waals surface area (Å²) in [6.07, 6.45) is 0.884. The fourth-order valence-corrected chi connectivity index (χ4v) is 2.66. The maximum Gasteiger partial charge on any atom is 0.274 e. The number of benzene rings is 1. The summed E-state index contributed by atoms with van der Waals surface area (Å²) in [6, 6.07) is 3.84. The normalized spacial score (nSPS) is 11.7. The van der Waals surface area contributed by atoms with Crippen molar-refractivity contribution < 1.29 is 9.22 Å². The van der Waals surface area contributed by atoms with E-state index in [9.17, 15) is 4.79 Å². The molecule has 93 valence electrons. The van der Waals surface area contributed by atoms with Crippen LogP contribution in [0.15, 0.2) is 12.1 Å². The number of hydrogen-bond donors (Lipinski definition) is 0. The Morgan fingerprint density at radius 2 is 1.82 bits per heavy atom. The van der Waals surface area contributed by atoms with Crippen molar-refractivity contribution in [3.8, 4) is 5.75 Å². The van der Waals surface area contributed by atoms with Gasteiger partial charge in [-0.2, -0.15) is 0 Å². The molecule has 1 rings (SSSR count). The van der Waals surface area contributed by atoms with Crippen LogP contribution in [0.2, 0.25) is 13.1 Å². The smallest absolute Gasteiger partial charge is 0.274 e. The minimum absolute atomic E-state index is 0.0181. The third kappa shape index (κ3) is 3.19. The maximum atomic E-state index is 11.1. The zero-order valence-corrected chi connectivity index (χ0v) is 12.5. The minimum Gasteiger partial charge on any atom is -0.542 e. The van der Waals surface area contributed by atoms with Crippen LogP contribution in [0.1, 0.15) is 42.3 Å². The van der Waals surface area contributed by atoms with Crippen LogP contribution in [0.4, 0.5) is 0 Å². The third-order valence-electron chi connectivity index (χ3n) is 2.58. The molecule has 0 N–H and O–H groups in total. The first kappa shape index (κ1) is 14.0. The SMILES string of the molecule is Cc1ccc(C=O)c(O[Si](C)C)c1C(C)(C)C. The molecule has 0 aliphatic heterocycles. The fraction of sp³-hybridized carbons (Fsp3) is 0.500. The van der Waals surface area contributed by atoms with Gasteiger partial charge in [0.15, 0.2) is 6.29 Å². The number of carbonyl (C=O) groups excluding carboxylic acids is 1. The average Bonchev–Trinajstić information content (AvgIpc) is 2.15. The second-order valence-electron chi connectivity index (χ2n) is 5.55. The quantitative estimate of drug-likeness (QED) is 0.602. The maximum absolute atomic E-state index is 11.1. The largest absolute Gasteiger partial charge is 0.542 e. The summed E-state index contributed by atoms with van der Waals surface area (Å²) in [5.74, 6) is 0.784. The first-order valence-electron chi connectivity index (χ1n) is 5.84. The highest BCUT2D eigenvalue weighted by Gasteiger charge is 2.24. The van der Waals surface area contributed by atoms with Crippen molar-refractivity contribution in [1.82, 2.24) is 0 Å². The number of aldehydes is 1. The molecule has 0 saturated carbocycles. The van der Waals surface area contributed by atoms with Gasteiger partial charge in [-0.3, -0.25) is 4.79 Å². The highest BCUT2D eigenvalue weighted by molar-refractivity contribution is 6.49. The van der Waals surface area contributed by atoms with Gasteiger partial charge in [-0.15, -0.1) is 0 Å². The monoisotopic (exact) mass is 249 g/mol. The van der Waals surface area contributed by atoms with E-state index in [2.05, 4.69) is 40.8 Å². The molecular weight excluding hydrogens is 228 g/mol. The molecule has 0 spiro atoms. The van der Waals surface area contributed by atoms with Crippen molar-refractivity contribution in [1.29, 1.82) is 0 Å². The Morgan fingerprint density at radius 1 is 1.24 bits per heavy atom. The lowest BCUT2D eigenvalue weighted by Crippen LogP contribution is -2.20. The highest BCUT2D eigenvalue weighted by atomic mass is 28.3. The second kappa shape index (κ2) is 5.04. The van der Waals surface area contributed by atoms with Crippen molar-refractivity contribution in [3.63, 3.8) is 0 Å². The molecule has 1 aromatic rings. The topological polar surface area (TPSA) is 26.3 Å². The predicted molar refractivity (Wildman–Crippen MR) is 73.4 cm³/mol. The van der Waals surface area contributed by atoms with Crippen LogP contribution in [-0.4, -0.2) is 15.3 Å². The van der Waals surface area contributed by atoms with Gasteiger partial charge in [0.1, 0.15) is 5.75 Å². The molecule has 3 heteroatoms. The van der Waals surface area contributed by atoms with E-state index in [1.807, 2.05) is 12.1 Å². The first-order chi connectivity index (χ1) is 7.77. The van der Waals surface area contributed by atoms with E-state index in [0.717, 1.165) is 17.6 Å². The van der Waals surface area contributed by atoms with Crippen LogP contribution in [-0.2, 0) is 5.41 Å². The van der Waals surface area contributed by atoms with E-state index < -0.39 is 9.04 Å². The Morgan fingerprint density at radius 3 is 2.24 bits per heavy atom. The molecule has 0 saturated heterocycles. The van der Waals surface area contributed by atoms with Gasteiger partial charge in [-0.1, -0.05) is 26.8 Å². The Hall–Kier alpha value is -1.09. The van der Waals surface area contributed by atoms with Crippen LogP contribution < -0.4 is 4.43 Å². The van der Waals surface area contributed by atoms with Crippen molar-refractivity contribution in [2.24, 2.45) is 0 Å². The lowest BCUT2D eigenvalue weighted by molar-refractivity contribution is 0.112. The van der Waals surface area contributed by atoms with Crippen LogP contribution in [0.3, 0.4) is 0 Å². The Bertz CT molecular complexity index is 417. The molecule has 0 fully saturated rings. The summed E-state index contributed by atoms with van der Waals surface area (Å²) in [5.41, 5.74) is 2.97. The first-order valence-corrected chi connectivity index (χ1v) is 8.25. The highest BCUT2D eigenvalue weighted by Crippen LogP contribution is 2.36. The van der Waals surface area contributed by atoms with E-state index in [1.54, 1.807) is 0 Å². The fourth-order valence-electron chi connectivity index (χ4n) is 2.04. The standard InChI is InChI=1S/C14H21O2Si/c1-10-7-8-11(9-15)13(16-17(5)6)12(10)14(2,3)4/h7-9H,1-6H3. The van der Waals surface area contributed by atoms with Gasteiger partial charge in [0.25, 0.3) is 9.04 Å². The van der Waals surface area contributed by atoms with Crippen molar-refractivity contribution in [2.75, 3.05) is 0 Å². The van der Waals surface area contributed by atoms with Gasteiger partial charge in [0.05, 0.1) is 5.56 Å². The molecule has 17 heavy (non-hydrogen) atoms. The lowest BCUT2D eigenvalue weighted by Gasteiger charge is -2.27. The van der Waals surface area contributed by atoms with Gasteiger partial charge in [-0.05, 0) is 37.1 Å². The van der Waals surface area contributed by atoms with E-state index >= 15 is 0 Å². The Kier molecular flexibility index (Phi) is 4.15. The van der Waals surface area contributed by atoms with Gasteiger partial charge < -0.3 is 4.43 Å². The molecule has 2 nitrogen and oxygen atoms in total. The zero-order valence-electron chi connectivity index (χ0n) is 11.5. The predicted octanol–water partition coefficient (Wildman–Crippen LogP) is 3.73. The Balaban J connectivity index is 3.48. The summed E-state index contributed by atoms with van der Waals surface area (Å²) in [4.78, 5) is 11.1. The molecular formula is C14H21O2Si. The summed E-state index contributed by atoms with van der Waals surface area (Å²) < 4.78 is 5.95. The molecule has 0 atom stereocenters. The zero-order chi connectivity index (χ0) is 13.2. The van der Waals surface area contributed by atoms with E-state index in [4.69, 9.17) is 4.43 Å². The van der Waals surface area contributed by atoms with E-state index in [-0.39, 0.29) is 5.41 Å². The molecule has 0 aliphatic rings. The number of hydrogen-bond acceptors (Lipinski definition) is 2. The van der Waals surface area contributed by atoms with Gasteiger partial charge in [0, 0.05) is 5.56 Å². The van der Waals surface area contributed by atoms with Crippen LogP contribution in [0, 0.1) is 6.92 Å². The van der Waals surface area contributed by atoms with Crippen LogP contribution in [0.25, 0.3) is 0 Å². The Labute approximate surface area is 106 Å². The average molecular weight is 249 g/mol. The summed E-state index contributed by atoms with van der Waals surface area (Å²) in [6.45, 7) is 12.7. The summed E-state index contributed by atoms with van der Waals surface area (Å²) in [5, 5.41) is 0. The summed E-state index contributed by atoms with van der Waals surface area (Å²) >= 11 is 0. The van der Waals surface area contributed by atoms with Gasteiger partial charge in [-0.25, -0.2) is 0 Å². The molecule has 1 radical (unpaired) electrons. The molecule has 0 aromatic heterocycles. The second-order valence-corrected chi connectivity index (χ2v) is 7.57. The van der Waals surface area contributed by atoms with Crippen LogP contribution in [0.5, 0.6) is 5.75 Å². The van der Waals surface area contributed by atoms with Gasteiger partial charge in [0.2, 0.25) is 0 Å². The number of carbonyl (C=O) groups is 1.